The topological polar surface area (TPSA) is 111 Å². The number of aliphatic hydroxyl groups excluding tert-OH is 2. The monoisotopic (exact) mass is 233 g/mol. The quantitative estimate of drug-likeness (QED) is 0.176. The van der Waals surface area contributed by atoms with E-state index in [2.05, 4.69) is 10.5 Å². The number of aliphatic hydroxyl groups is 2. The third-order valence-electron chi connectivity index (χ3n) is 2.80. The Kier molecular flexibility index (Phi) is 5.71. The van der Waals surface area contributed by atoms with Crippen molar-refractivity contribution in [1.29, 1.82) is 0 Å². The second-order valence-corrected chi connectivity index (χ2v) is 4.92. The van der Waals surface area contributed by atoms with Gasteiger partial charge in [0, 0.05) is 5.41 Å². The molecule has 0 amide bonds. The molecule has 0 rings (SSSR count). The first-order valence-electron chi connectivity index (χ1n) is 5.26. The van der Waals surface area contributed by atoms with Crippen molar-refractivity contribution in [3.05, 3.63) is 0 Å². The van der Waals surface area contributed by atoms with Crippen LogP contribution in [-0.4, -0.2) is 46.6 Å². The molecule has 0 aromatic rings. The molecule has 0 spiro atoms. The van der Waals surface area contributed by atoms with Crippen LogP contribution >= 0.6 is 0 Å². The standard InChI is InChI=1S/C10H23N3O3/c1-9(2,8(11)13-16)4-5-12-10(3,6-14)7-15/h12,14-16H,4-7H2,1-3H3,(H2,11,13). The molecule has 0 atom stereocenters. The molecule has 0 aliphatic rings. The van der Waals surface area contributed by atoms with Gasteiger partial charge in [-0.3, -0.25) is 0 Å². The summed E-state index contributed by atoms with van der Waals surface area (Å²) in [5.41, 5.74) is 4.42. The first kappa shape index (κ1) is 15.2. The van der Waals surface area contributed by atoms with Crippen LogP contribution in [0.1, 0.15) is 27.2 Å². The molecule has 16 heavy (non-hydrogen) atoms. The smallest absolute Gasteiger partial charge is 0.144 e. The number of hydrogen-bond donors (Lipinski definition) is 5. The van der Waals surface area contributed by atoms with Gasteiger partial charge in [0.05, 0.1) is 18.8 Å². The maximum Gasteiger partial charge on any atom is 0.144 e. The summed E-state index contributed by atoms with van der Waals surface area (Å²) in [6.07, 6.45) is 0.637. The Morgan fingerprint density at radius 2 is 1.75 bits per heavy atom. The Hall–Kier alpha value is -0.850. The van der Waals surface area contributed by atoms with E-state index in [9.17, 15) is 0 Å². The van der Waals surface area contributed by atoms with Gasteiger partial charge in [-0.05, 0) is 19.9 Å². The van der Waals surface area contributed by atoms with Crippen LogP contribution in [0.25, 0.3) is 0 Å². The normalized spacial score (nSPS) is 14.2. The van der Waals surface area contributed by atoms with E-state index in [0.29, 0.717) is 13.0 Å². The highest BCUT2D eigenvalue weighted by molar-refractivity contribution is 5.85. The van der Waals surface area contributed by atoms with E-state index in [1.807, 2.05) is 13.8 Å². The van der Waals surface area contributed by atoms with Crippen LogP contribution in [0.4, 0.5) is 0 Å². The van der Waals surface area contributed by atoms with Crippen molar-refractivity contribution in [3.63, 3.8) is 0 Å². The molecule has 0 aromatic heterocycles. The maximum atomic E-state index is 9.06. The van der Waals surface area contributed by atoms with Gasteiger partial charge in [0.1, 0.15) is 5.84 Å². The highest BCUT2D eigenvalue weighted by Gasteiger charge is 2.26. The van der Waals surface area contributed by atoms with E-state index >= 15 is 0 Å². The third-order valence-corrected chi connectivity index (χ3v) is 2.80. The molecule has 0 bridgehead atoms. The van der Waals surface area contributed by atoms with Crippen LogP contribution in [0.2, 0.25) is 0 Å². The molecule has 0 saturated heterocycles. The fourth-order valence-corrected chi connectivity index (χ4v) is 1.10. The van der Waals surface area contributed by atoms with Gasteiger partial charge in [-0.2, -0.15) is 0 Å². The van der Waals surface area contributed by atoms with Crippen molar-refractivity contribution in [2.24, 2.45) is 16.3 Å². The fraction of sp³-hybridized carbons (Fsp3) is 0.900. The van der Waals surface area contributed by atoms with Crippen molar-refractivity contribution >= 4 is 5.84 Å². The highest BCUT2D eigenvalue weighted by Crippen LogP contribution is 2.19. The van der Waals surface area contributed by atoms with Gasteiger partial charge in [0.15, 0.2) is 0 Å². The van der Waals surface area contributed by atoms with Crippen LogP contribution in [0, 0.1) is 5.41 Å². The first-order chi connectivity index (χ1) is 7.31. The lowest BCUT2D eigenvalue weighted by atomic mass is 9.87. The summed E-state index contributed by atoms with van der Waals surface area (Å²) in [4.78, 5) is 0. The van der Waals surface area contributed by atoms with Gasteiger partial charge >= 0.3 is 0 Å². The zero-order valence-electron chi connectivity index (χ0n) is 10.2. The lowest BCUT2D eigenvalue weighted by molar-refractivity contribution is 0.102. The minimum atomic E-state index is -0.693. The number of amidine groups is 1. The van der Waals surface area contributed by atoms with Gasteiger partial charge in [-0.25, -0.2) is 0 Å². The van der Waals surface area contributed by atoms with Gasteiger partial charge in [0.25, 0.3) is 0 Å². The van der Waals surface area contributed by atoms with E-state index in [0.717, 1.165) is 0 Å². The summed E-state index contributed by atoms with van der Waals surface area (Å²) >= 11 is 0. The fourth-order valence-electron chi connectivity index (χ4n) is 1.10. The third kappa shape index (κ3) is 4.34. The van der Waals surface area contributed by atoms with E-state index in [4.69, 9.17) is 21.2 Å². The minimum Gasteiger partial charge on any atom is -0.409 e. The molecule has 96 valence electrons. The number of rotatable bonds is 7. The van der Waals surface area contributed by atoms with E-state index in [1.54, 1.807) is 6.92 Å². The largest absolute Gasteiger partial charge is 0.409 e. The Morgan fingerprint density at radius 3 is 2.12 bits per heavy atom. The SMILES string of the molecule is CC(CO)(CO)NCCC(C)(C)C(N)=NO. The molecule has 0 fully saturated rings. The maximum absolute atomic E-state index is 9.06. The molecule has 0 aromatic carbocycles. The van der Waals surface area contributed by atoms with Crippen LogP contribution < -0.4 is 11.1 Å². The molecule has 6 N–H and O–H groups in total. The van der Waals surface area contributed by atoms with E-state index in [1.165, 1.54) is 0 Å². The molecule has 0 unspecified atom stereocenters. The Labute approximate surface area is 96.1 Å². The number of nitrogens with zero attached hydrogens (tertiary/aromatic N) is 1. The average molecular weight is 233 g/mol. The lowest BCUT2D eigenvalue weighted by Gasteiger charge is -2.29. The molecule has 6 heteroatoms. The molecular weight excluding hydrogens is 210 g/mol. The number of oxime groups is 1. The summed E-state index contributed by atoms with van der Waals surface area (Å²) in [5.74, 6) is 0.170. The second-order valence-electron chi connectivity index (χ2n) is 4.92. The van der Waals surface area contributed by atoms with Gasteiger partial charge in [-0.1, -0.05) is 19.0 Å². The van der Waals surface area contributed by atoms with Gasteiger partial charge in [-0.15, -0.1) is 0 Å². The van der Waals surface area contributed by atoms with Gasteiger partial charge < -0.3 is 26.5 Å². The molecule has 0 heterocycles. The van der Waals surface area contributed by atoms with Crippen LogP contribution in [0.15, 0.2) is 5.16 Å². The predicted octanol–water partition coefficient (Wildman–Crippen LogP) is -0.518. The number of nitrogens with two attached hydrogens (primary N) is 1. The first-order valence-corrected chi connectivity index (χ1v) is 5.26. The van der Waals surface area contributed by atoms with Crippen molar-refractivity contribution in [2.75, 3.05) is 19.8 Å². The minimum absolute atomic E-state index is 0.145. The Bertz CT molecular complexity index is 237. The molecular formula is C10H23N3O3. The number of hydrogen-bond acceptors (Lipinski definition) is 5. The van der Waals surface area contributed by atoms with Crippen LogP contribution in [0.3, 0.4) is 0 Å². The lowest BCUT2D eigenvalue weighted by Crippen LogP contribution is -2.50. The molecule has 0 aliphatic heterocycles. The summed E-state index contributed by atoms with van der Waals surface area (Å²) in [5, 5.41) is 32.7. The summed E-state index contributed by atoms with van der Waals surface area (Å²) in [6, 6.07) is 0. The summed E-state index contributed by atoms with van der Waals surface area (Å²) < 4.78 is 0. The molecule has 0 aliphatic carbocycles. The molecule has 6 nitrogen and oxygen atoms in total. The van der Waals surface area contributed by atoms with Crippen LogP contribution in [-0.2, 0) is 0 Å². The number of nitrogens with one attached hydrogen (secondary N) is 1. The van der Waals surface area contributed by atoms with Crippen molar-refractivity contribution in [2.45, 2.75) is 32.7 Å². The van der Waals surface area contributed by atoms with Crippen molar-refractivity contribution < 1.29 is 15.4 Å². The predicted molar refractivity (Wildman–Crippen MR) is 62.4 cm³/mol. The van der Waals surface area contributed by atoms with Crippen LogP contribution in [0.5, 0.6) is 0 Å². The highest BCUT2D eigenvalue weighted by atomic mass is 16.4. The summed E-state index contributed by atoms with van der Waals surface area (Å²) in [7, 11) is 0. The second kappa shape index (κ2) is 6.03. The average Bonchev–Trinajstić information content (AvgIpc) is 2.27. The zero-order valence-corrected chi connectivity index (χ0v) is 10.2. The van der Waals surface area contributed by atoms with E-state index in [-0.39, 0.29) is 19.0 Å². The zero-order chi connectivity index (χ0) is 12.8. The summed E-state index contributed by atoms with van der Waals surface area (Å²) in [6.45, 7) is 5.71. The Balaban J connectivity index is 4.17. The van der Waals surface area contributed by atoms with Crippen molar-refractivity contribution in [1.82, 2.24) is 5.32 Å². The Morgan fingerprint density at radius 1 is 1.25 bits per heavy atom. The molecule has 0 radical (unpaired) electrons. The van der Waals surface area contributed by atoms with E-state index < -0.39 is 11.0 Å². The van der Waals surface area contributed by atoms with Gasteiger partial charge in [0.2, 0.25) is 0 Å². The molecule has 0 saturated carbocycles. The van der Waals surface area contributed by atoms with Crippen molar-refractivity contribution in [3.8, 4) is 0 Å².